The second-order valence-corrected chi connectivity index (χ2v) is 7.19. The highest BCUT2D eigenvalue weighted by molar-refractivity contribution is 5.95. The van der Waals surface area contributed by atoms with Gasteiger partial charge in [0.05, 0.1) is 18.8 Å². The summed E-state index contributed by atoms with van der Waals surface area (Å²) in [4.78, 5) is 29.4. The van der Waals surface area contributed by atoms with Gasteiger partial charge in [0.2, 0.25) is 0 Å². The van der Waals surface area contributed by atoms with Crippen LogP contribution >= 0.6 is 0 Å². The van der Waals surface area contributed by atoms with E-state index in [1.54, 1.807) is 6.07 Å². The lowest BCUT2D eigenvalue weighted by Crippen LogP contribution is -2.48. The number of benzene rings is 1. The molecule has 0 saturated carbocycles. The summed E-state index contributed by atoms with van der Waals surface area (Å²) in [5.41, 5.74) is 1.47. The number of likely N-dealkylation sites (tertiary alicyclic amines) is 1. The lowest BCUT2D eigenvalue weighted by atomic mass is 9.98. The van der Waals surface area contributed by atoms with Crippen molar-refractivity contribution in [2.75, 3.05) is 39.4 Å². The Morgan fingerprint density at radius 2 is 1.92 bits per heavy atom. The molecule has 0 spiro atoms. The number of cyclic esters (lactones) is 1. The SMILES string of the molecule is C[C@@H]1CN(C(=O)[C@@H]2Cc3ccccc3C(=O)O2)C[C@H]1N1CCOCC1. The molecule has 0 bridgehead atoms. The Morgan fingerprint density at radius 3 is 2.72 bits per heavy atom. The van der Waals surface area contributed by atoms with Gasteiger partial charge in [0.15, 0.2) is 6.10 Å². The quantitative estimate of drug-likeness (QED) is 0.748. The predicted octanol–water partition coefficient (Wildman–Crippen LogP) is 0.947. The van der Waals surface area contributed by atoms with E-state index >= 15 is 0 Å². The molecule has 6 nitrogen and oxygen atoms in total. The summed E-state index contributed by atoms with van der Waals surface area (Å²) in [7, 11) is 0. The van der Waals surface area contributed by atoms with Crippen molar-refractivity contribution < 1.29 is 19.1 Å². The predicted molar refractivity (Wildman–Crippen MR) is 91.3 cm³/mol. The van der Waals surface area contributed by atoms with E-state index in [-0.39, 0.29) is 5.91 Å². The van der Waals surface area contributed by atoms with E-state index in [1.807, 2.05) is 23.1 Å². The summed E-state index contributed by atoms with van der Waals surface area (Å²) in [5, 5.41) is 0. The molecule has 3 aliphatic heterocycles. The van der Waals surface area contributed by atoms with Gasteiger partial charge in [-0.25, -0.2) is 4.79 Å². The van der Waals surface area contributed by atoms with Gasteiger partial charge in [0, 0.05) is 38.6 Å². The highest BCUT2D eigenvalue weighted by Gasteiger charge is 2.41. The Hall–Kier alpha value is -1.92. The van der Waals surface area contributed by atoms with E-state index in [0.717, 1.165) is 38.4 Å². The van der Waals surface area contributed by atoms with Crippen molar-refractivity contribution in [3.63, 3.8) is 0 Å². The Kier molecular flexibility index (Phi) is 4.48. The molecular weight excluding hydrogens is 320 g/mol. The van der Waals surface area contributed by atoms with E-state index < -0.39 is 12.1 Å². The molecule has 25 heavy (non-hydrogen) atoms. The zero-order valence-electron chi connectivity index (χ0n) is 14.5. The average molecular weight is 344 g/mol. The maximum atomic E-state index is 12.9. The number of carbonyl (C=O) groups excluding carboxylic acids is 2. The van der Waals surface area contributed by atoms with Crippen molar-refractivity contribution in [3.8, 4) is 0 Å². The summed E-state index contributed by atoms with van der Waals surface area (Å²) < 4.78 is 10.9. The number of fused-ring (bicyclic) bond motifs is 1. The third-order valence-electron chi connectivity index (χ3n) is 5.57. The molecular formula is C19H24N2O4. The molecule has 0 aliphatic carbocycles. The molecule has 3 atom stereocenters. The minimum Gasteiger partial charge on any atom is -0.448 e. The molecule has 3 aliphatic rings. The van der Waals surface area contributed by atoms with Gasteiger partial charge in [-0.05, 0) is 17.5 Å². The minimum atomic E-state index is -0.696. The van der Waals surface area contributed by atoms with Crippen LogP contribution in [0.5, 0.6) is 0 Å². The molecule has 2 fully saturated rings. The van der Waals surface area contributed by atoms with Crippen LogP contribution in [0.2, 0.25) is 0 Å². The standard InChI is InChI=1S/C19H24N2O4/c1-13-11-21(12-16(13)20-6-8-24-9-7-20)18(22)17-10-14-4-2-3-5-15(14)19(23)25-17/h2-5,13,16-17H,6-12H2,1H3/t13-,16-,17+/m1/s1. The molecule has 0 N–H and O–H groups in total. The van der Waals surface area contributed by atoms with Crippen LogP contribution in [0.25, 0.3) is 0 Å². The fraction of sp³-hybridized carbons (Fsp3) is 0.579. The van der Waals surface area contributed by atoms with Crippen molar-refractivity contribution in [2.45, 2.75) is 25.5 Å². The number of hydrogen-bond acceptors (Lipinski definition) is 5. The molecule has 6 heteroatoms. The van der Waals surface area contributed by atoms with Gasteiger partial charge in [0.25, 0.3) is 5.91 Å². The second-order valence-electron chi connectivity index (χ2n) is 7.19. The van der Waals surface area contributed by atoms with E-state index in [0.29, 0.717) is 30.5 Å². The number of amides is 1. The van der Waals surface area contributed by atoms with Crippen LogP contribution in [0.4, 0.5) is 0 Å². The van der Waals surface area contributed by atoms with E-state index in [4.69, 9.17) is 9.47 Å². The summed E-state index contributed by atoms with van der Waals surface area (Å²) in [6, 6.07) is 7.73. The van der Waals surface area contributed by atoms with Gasteiger partial charge in [-0.1, -0.05) is 25.1 Å². The Labute approximate surface area is 147 Å². The first kappa shape index (κ1) is 16.5. The third kappa shape index (κ3) is 3.16. The number of rotatable bonds is 2. The molecule has 1 aromatic carbocycles. The largest absolute Gasteiger partial charge is 0.448 e. The normalized spacial score (nSPS) is 30.0. The molecule has 134 valence electrons. The van der Waals surface area contributed by atoms with Crippen LogP contribution in [0, 0.1) is 5.92 Å². The molecule has 1 aromatic rings. The van der Waals surface area contributed by atoms with Crippen LogP contribution < -0.4 is 0 Å². The van der Waals surface area contributed by atoms with Crippen molar-refractivity contribution in [2.24, 2.45) is 5.92 Å². The molecule has 2 saturated heterocycles. The molecule has 0 aromatic heterocycles. The van der Waals surface area contributed by atoms with Gasteiger partial charge in [-0.2, -0.15) is 0 Å². The number of hydrogen-bond donors (Lipinski definition) is 0. The average Bonchev–Trinajstić information content (AvgIpc) is 3.03. The number of morpholine rings is 1. The van der Waals surface area contributed by atoms with Crippen LogP contribution in [0.3, 0.4) is 0 Å². The first-order chi connectivity index (χ1) is 12.1. The fourth-order valence-electron chi connectivity index (χ4n) is 4.19. The van der Waals surface area contributed by atoms with E-state index in [2.05, 4.69) is 11.8 Å². The Balaban J connectivity index is 1.44. The minimum absolute atomic E-state index is 0.0644. The third-order valence-corrected chi connectivity index (χ3v) is 5.57. The van der Waals surface area contributed by atoms with Gasteiger partial charge in [-0.3, -0.25) is 9.69 Å². The van der Waals surface area contributed by atoms with Crippen LogP contribution in [0.1, 0.15) is 22.8 Å². The molecule has 1 amide bonds. The van der Waals surface area contributed by atoms with E-state index in [1.165, 1.54) is 0 Å². The van der Waals surface area contributed by atoms with Gasteiger partial charge in [-0.15, -0.1) is 0 Å². The first-order valence-corrected chi connectivity index (χ1v) is 9.03. The van der Waals surface area contributed by atoms with Gasteiger partial charge >= 0.3 is 5.97 Å². The maximum absolute atomic E-state index is 12.9. The van der Waals surface area contributed by atoms with Crippen molar-refractivity contribution >= 4 is 11.9 Å². The van der Waals surface area contributed by atoms with Crippen molar-refractivity contribution in [1.82, 2.24) is 9.80 Å². The van der Waals surface area contributed by atoms with Gasteiger partial charge < -0.3 is 14.4 Å². The van der Waals surface area contributed by atoms with Crippen LogP contribution in [-0.2, 0) is 20.7 Å². The summed E-state index contributed by atoms with van der Waals surface area (Å²) in [6.45, 7) is 6.97. The maximum Gasteiger partial charge on any atom is 0.339 e. The number of esters is 1. The fourth-order valence-corrected chi connectivity index (χ4v) is 4.19. The van der Waals surface area contributed by atoms with Gasteiger partial charge in [0.1, 0.15) is 0 Å². The summed E-state index contributed by atoms with van der Waals surface area (Å²) in [5.74, 6) is -0.0451. The van der Waals surface area contributed by atoms with Crippen LogP contribution in [0.15, 0.2) is 24.3 Å². The van der Waals surface area contributed by atoms with Crippen molar-refractivity contribution in [3.05, 3.63) is 35.4 Å². The first-order valence-electron chi connectivity index (χ1n) is 9.03. The lowest BCUT2D eigenvalue weighted by Gasteiger charge is -2.34. The highest BCUT2D eigenvalue weighted by Crippen LogP contribution is 2.26. The molecule has 4 rings (SSSR count). The summed E-state index contributed by atoms with van der Waals surface area (Å²) >= 11 is 0. The number of carbonyl (C=O) groups is 2. The summed E-state index contributed by atoms with van der Waals surface area (Å²) in [6.07, 6.45) is -0.230. The van der Waals surface area contributed by atoms with E-state index in [9.17, 15) is 9.59 Å². The zero-order chi connectivity index (χ0) is 17.4. The Bertz CT molecular complexity index is 671. The second kappa shape index (κ2) is 6.77. The zero-order valence-corrected chi connectivity index (χ0v) is 14.5. The smallest absolute Gasteiger partial charge is 0.339 e. The Morgan fingerprint density at radius 1 is 1.16 bits per heavy atom. The molecule has 0 unspecified atom stereocenters. The monoisotopic (exact) mass is 344 g/mol. The number of ether oxygens (including phenoxy) is 2. The number of nitrogens with zero attached hydrogens (tertiary/aromatic N) is 2. The molecule has 3 heterocycles. The lowest BCUT2D eigenvalue weighted by molar-refractivity contribution is -0.140. The molecule has 0 radical (unpaired) electrons. The van der Waals surface area contributed by atoms with Crippen molar-refractivity contribution in [1.29, 1.82) is 0 Å². The van der Waals surface area contributed by atoms with Crippen LogP contribution in [-0.4, -0.2) is 73.2 Å². The highest BCUT2D eigenvalue weighted by atomic mass is 16.5. The topological polar surface area (TPSA) is 59.1 Å².